The molecule has 2 N–H and O–H groups in total. The Labute approximate surface area is 147 Å². The highest BCUT2D eigenvalue weighted by molar-refractivity contribution is 5.83. The Kier molecular flexibility index (Phi) is 3.95. The van der Waals surface area contributed by atoms with Crippen LogP contribution >= 0.6 is 0 Å². The van der Waals surface area contributed by atoms with Crippen LogP contribution in [-0.2, 0) is 11.3 Å². The van der Waals surface area contributed by atoms with Crippen LogP contribution in [0.5, 0.6) is 5.75 Å². The SMILES string of the molecule is COc1cc(F)ccc1-c1cnc2[nH]c(=O)n(CC(=O)NC3CC3)c2c1. The standard InChI is InChI=1S/C18H17FN4O3/c1-26-15-7-11(19)2-5-13(15)10-6-14-17(20-8-10)22-18(25)23(14)9-16(24)21-12-3-4-12/h2,5-8,12H,3-4,9H2,1H3,(H,21,24)(H,20,22,25). The highest BCUT2D eigenvalue weighted by atomic mass is 19.1. The van der Waals surface area contributed by atoms with Gasteiger partial charge in [-0.3, -0.25) is 14.3 Å². The number of rotatable bonds is 5. The number of nitrogens with zero attached hydrogens (tertiary/aromatic N) is 2. The number of H-pyrrole nitrogens is 1. The minimum absolute atomic E-state index is 0.0823. The van der Waals surface area contributed by atoms with E-state index in [0.29, 0.717) is 28.0 Å². The molecule has 0 unspecified atom stereocenters. The van der Waals surface area contributed by atoms with Crippen LogP contribution in [0.25, 0.3) is 22.3 Å². The predicted molar refractivity (Wildman–Crippen MR) is 93.5 cm³/mol. The topological polar surface area (TPSA) is 89.0 Å². The molecule has 0 saturated heterocycles. The summed E-state index contributed by atoms with van der Waals surface area (Å²) in [5.74, 6) is -0.253. The number of methoxy groups -OCH3 is 1. The first-order valence-corrected chi connectivity index (χ1v) is 8.27. The highest BCUT2D eigenvalue weighted by Gasteiger charge is 2.24. The number of carbonyl (C=O) groups is 1. The zero-order valence-corrected chi connectivity index (χ0v) is 14.1. The van der Waals surface area contributed by atoms with Gasteiger partial charge in [0.2, 0.25) is 5.91 Å². The van der Waals surface area contributed by atoms with E-state index < -0.39 is 11.5 Å². The van der Waals surface area contributed by atoms with Gasteiger partial charge in [0.05, 0.1) is 12.6 Å². The summed E-state index contributed by atoms with van der Waals surface area (Å²) >= 11 is 0. The van der Waals surface area contributed by atoms with E-state index in [1.807, 2.05) is 0 Å². The molecule has 7 nitrogen and oxygen atoms in total. The molecule has 1 fully saturated rings. The number of pyridine rings is 1. The molecule has 1 aliphatic rings. The molecule has 1 saturated carbocycles. The van der Waals surface area contributed by atoms with Crippen molar-refractivity contribution in [3.63, 3.8) is 0 Å². The molecule has 26 heavy (non-hydrogen) atoms. The van der Waals surface area contributed by atoms with Gasteiger partial charge in [-0.1, -0.05) is 0 Å². The second kappa shape index (κ2) is 6.29. The van der Waals surface area contributed by atoms with Crippen LogP contribution < -0.4 is 15.7 Å². The van der Waals surface area contributed by atoms with Crippen molar-refractivity contribution in [3.05, 3.63) is 46.8 Å². The van der Waals surface area contributed by atoms with Gasteiger partial charge >= 0.3 is 5.69 Å². The molecular weight excluding hydrogens is 339 g/mol. The number of nitrogens with one attached hydrogen (secondary N) is 2. The van der Waals surface area contributed by atoms with Gasteiger partial charge in [0, 0.05) is 29.4 Å². The number of halogens is 1. The third-order valence-corrected chi connectivity index (χ3v) is 4.35. The van der Waals surface area contributed by atoms with Gasteiger partial charge in [0.15, 0.2) is 5.65 Å². The minimum atomic E-state index is -0.407. The Morgan fingerprint density at radius 1 is 1.42 bits per heavy atom. The molecule has 0 atom stereocenters. The van der Waals surface area contributed by atoms with E-state index in [4.69, 9.17) is 4.74 Å². The summed E-state index contributed by atoms with van der Waals surface area (Å²) in [4.78, 5) is 31.2. The van der Waals surface area contributed by atoms with Crippen LogP contribution in [0.3, 0.4) is 0 Å². The Morgan fingerprint density at radius 3 is 2.96 bits per heavy atom. The van der Waals surface area contributed by atoms with Crippen molar-refractivity contribution >= 4 is 17.1 Å². The molecule has 2 heterocycles. The summed E-state index contributed by atoms with van der Waals surface area (Å²) in [7, 11) is 1.46. The van der Waals surface area contributed by atoms with Crippen molar-refractivity contribution in [1.29, 1.82) is 0 Å². The molecule has 0 spiro atoms. The lowest BCUT2D eigenvalue weighted by molar-refractivity contribution is -0.121. The Balaban J connectivity index is 1.75. The first-order chi connectivity index (χ1) is 12.5. The van der Waals surface area contributed by atoms with Crippen LogP contribution in [-0.4, -0.2) is 33.6 Å². The number of ether oxygens (including phenoxy) is 1. The number of aromatic amines is 1. The second-order valence-corrected chi connectivity index (χ2v) is 6.29. The molecule has 0 aliphatic heterocycles. The maximum atomic E-state index is 13.4. The van der Waals surface area contributed by atoms with Crippen LogP contribution in [0.1, 0.15) is 12.8 Å². The molecule has 8 heteroatoms. The maximum Gasteiger partial charge on any atom is 0.328 e. The number of aromatic nitrogens is 3. The zero-order chi connectivity index (χ0) is 18.3. The molecule has 2 aromatic heterocycles. The average Bonchev–Trinajstić information content (AvgIpc) is 3.38. The number of amides is 1. The van der Waals surface area contributed by atoms with Gasteiger partial charge in [-0.15, -0.1) is 0 Å². The summed E-state index contributed by atoms with van der Waals surface area (Å²) in [6.45, 7) is -0.0823. The quantitative estimate of drug-likeness (QED) is 0.730. The summed E-state index contributed by atoms with van der Waals surface area (Å²) in [5, 5.41) is 2.86. The van der Waals surface area contributed by atoms with Gasteiger partial charge in [0.1, 0.15) is 18.1 Å². The van der Waals surface area contributed by atoms with Crippen molar-refractivity contribution < 1.29 is 13.9 Å². The third-order valence-electron chi connectivity index (χ3n) is 4.35. The monoisotopic (exact) mass is 356 g/mol. The molecule has 0 radical (unpaired) electrons. The number of imidazole rings is 1. The fourth-order valence-electron chi connectivity index (χ4n) is 2.89. The fourth-order valence-corrected chi connectivity index (χ4v) is 2.89. The van der Waals surface area contributed by atoms with Gasteiger partial charge in [0.25, 0.3) is 0 Å². The van der Waals surface area contributed by atoms with E-state index in [0.717, 1.165) is 12.8 Å². The highest BCUT2D eigenvalue weighted by Crippen LogP contribution is 2.31. The summed E-state index contributed by atoms with van der Waals surface area (Å²) < 4.78 is 20.0. The van der Waals surface area contributed by atoms with E-state index >= 15 is 0 Å². The Morgan fingerprint density at radius 2 is 2.23 bits per heavy atom. The number of fused-ring (bicyclic) bond motifs is 1. The summed E-state index contributed by atoms with van der Waals surface area (Å²) in [5.41, 5.74) is 1.79. The van der Waals surface area contributed by atoms with Crippen molar-refractivity contribution in [3.8, 4) is 16.9 Å². The van der Waals surface area contributed by atoms with Crippen molar-refractivity contribution in [2.45, 2.75) is 25.4 Å². The lowest BCUT2D eigenvalue weighted by Gasteiger charge is -2.09. The zero-order valence-electron chi connectivity index (χ0n) is 14.1. The van der Waals surface area contributed by atoms with Gasteiger partial charge in [-0.25, -0.2) is 14.2 Å². The first-order valence-electron chi connectivity index (χ1n) is 8.27. The average molecular weight is 356 g/mol. The number of benzene rings is 1. The smallest absolute Gasteiger partial charge is 0.328 e. The predicted octanol–water partition coefficient (Wildman–Crippen LogP) is 1.82. The molecule has 134 valence electrons. The van der Waals surface area contributed by atoms with Crippen LogP contribution in [0, 0.1) is 5.82 Å². The molecule has 3 aromatic rings. The van der Waals surface area contributed by atoms with E-state index in [-0.39, 0.29) is 18.5 Å². The second-order valence-electron chi connectivity index (χ2n) is 6.29. The van der Waals surface area contributed by atoms with E-state index in [1.165, 1.54) is 23.8 Å². The maximum absolute atomic E-state index is 13.4. The fraction of sp³-hybridized carbons (Fsp3) is 0.278. The lowest BCUT2D eigenvalue weighted by Crippen LogP contribution is -2.32. The van der Waals surface area contributed by atoms with Crippen molar-refractivity contribution in [2.75, 3.05) is 7.11 Å². The number of hydrogen-bond donors (Lipinski definition) is 2. The van der Waals surface area contributed by atoms with E-state index in [9.17, 15) is 14.0 Å². The van der Waals surface area contributed by atoms with Crippen LogP contribution in [0.15, 0.2) is 35.3 Å². The summed E-state index contributed by atoms with van der Waals surface area (Å²) in [6.07, 6.45) is 3.53. The Bertz CT molecular complexity index is 1050. The van der Waals surface area contributed by atoms with Gasteiger partial charge in [-0.05, 0) is 31.0 Å². The minimum Gasteiger partial charge on any atom is -0.496 e. The number of hydrogen-bond acceptors (Lipinski definition) is 4. The van der Waals surface area contributed by atoms with Gasteiger partial charge in [-0.2, -0.15) is 0 Å². The van der Waals surface area contributed by atoms with E-state index in [2.05, 4.69) is 15.3 Å². The Hall–Kier alpha value is -3.16. The molecule has 1 aromatic carbocycles. The summed E-state index contributed by atoms with van der Waals surface area (Å²) in [6, 6.07) is 6.16. The lowest BCUT2D eigenvalue weighted by atomic mass is 10.1. The first kappa shape index (κ1) is 16.3. The van der Waals surface area contributed by atoms with Crippen molar-refractivity contribution in [1.82, 2.24) is 19.9 Å². The van der Waals surface area contributed by atoms with Gasteiger partial charge < -0.3 is 10.1 Å². The molecule has 4 rings (SSSR count). The van der Waals surface area contributed by atoms with Crippen LogP contribution in [0.2, 0.25) is 0 Å². The van der Waals surface area contributed by atoms with E-state index in [1.54, 1.807) is 18.3 Å². The molecule has 0 bridgehead atoms. The largest absolute Gasteiger partial charge is 0.496 e. The van der Waals surface area contributed by atoms with Crippen molar-refractivity contribution in [2.24, 2.45) is 0 Å². The molecule has 1 aliphatic carbocycles. The van der Waals surface area contributed by atoms with Crippen LogP contribution in [0.4, 0.5) is 4.39 Å². The molecule has 1 amide bonds. The number of carbonyl (C=O) groups excluding carboxylic acids is 1. The normalized spacial score (nSPS) is 13.8. The third kappa shape index (κ3) is 3.05. The molecular formula is C18H17FN4O3.